The topological polar surface area (TPSA) is 63.4 Å². The number of nitrogens with two attached hydrogens (primary N) is 1. The van der Waals surface area contributed by atoms with Crippen LogP contribution in [0.2, 0.25) is 5.02 Å². The number of anilines is 1. The summed E-state index contributed by atoms with van der Waals surface area (Å²) in [7, 11) is -3.57. The maximum absolute atomic E-state index is 12.7. The number of hydrogen-bond donors (Lipinski definition) is 1. The van der Waals surface area contributed by atoms with Gasteiger partial charge in [-0.05, 0) is 34.5 Å². The molecule has 1 heterocycles. The Labute approximate surface area is 137 Å². The largest absolute Gasteiger partial charge is 0.398 e. The van der Waals surface area contributed by atoms with Gasteiger partial charge in [-0.25, -0.2) is 8.42 Å². The molecule has 0 aromatic heterocycles. The molecule has 1 aliphatic rings. The Morgan fingerprint density at radius 2 is 2.25 bits per heavy atom. The van der Waals surface area contributed by atoms with E-state index in [0.717, 1.165) is 12.2 Å². The predicted octanol–water partition coefficient (Wildman–Crippen LogP) is 3.20. The Hall–Kier alpha value is 0.0500. The highest BCUT2D eigenvalue weighted by atomic mass is 79.9. The molecular formula is C12H16BrClN2O2S2. The van der Waals surface area contributed by atoms with Gasteiger partial charge in [-0.3, -0.25) is 0 Å². The van der Waals surface area contributed by atoms with Crippen molar-refractivity contribution in [2.75, 3.05) is 24.6 Å². The van der Waals surface area contributed by atoms with E-state index in [1.807, 2.05) is 11.8 Å². The summed E-state index contributed by atoms with van der Waals surface area (Å²) >= 11 is 11.0. The van der Waals surface area contributed by atoms with Crippen molar-refractivity contribution in [1.82, 2.24) is 4.31 Å². The molecule has 0 bridgehead atoms. The fourth-order valence-electron chi connectivity index (χ4n) is 2.07. The first-order valence-electron chi connectivity index (χ1n) is 6.22. The first kappa shape index (κ1) is 16.4. The van der Waals surface area contributed by atoms with Crippen LogP contribution in [0.15, 0.2) is 21.5 Å². The second-order valence-electron chi connectivity index (χ2n) is 4.57. The minimum Gasteiger partial charge on any atom is -0.398 e. The summed E-state index contributed by atoms with van der Waals surface area (Å²) in [5, 5.41) is 0.663. The Morgan fingerprint density at radius 3 is 2.90 bits per heavy atom. The summed E-state index contributed by atoms with van der Waals surface area (Å²) in [4.78, 5) is 0.143. The van der Waals surface area contributed by atoms with E-state index in [2.05, 4.69) is 22.9 Å². The molecule has 0 radical (unpaired) electrons. The maximum atomic E-state index is 12.7. The first-order chi connectivity index (χ1) is 9.36. The standard InChI is InChI=1S/C12H16BrClN2O2S2/c1-2-9-7-16(3-4-19-9)20(17,18)11-6-8(14)5-10(15)12(11)13/h5-6,9H,2-4,7,15H2,1H3. The number of sulfonamides is 1. The average molecular weight is 400 g/mol. The third-order valence-corrected chi connectivity index (χ3v) is 7.83. The summed E-state index contributed by atoms with van der Waals surface area (Å²) < 4.78 is 27.4. The second kappa shape index (κ2) is 6.44. The Balaban J connectivity index is 2.40. The fraction of sp³-hybridized carbons (Fsp3) is 0.500. The van der Waals surface area contributed by atoms with Gasteiger partial charge in [-0.15, -0.1) is 0 Å². The van der Waals surface area contributed by atoms with Crippen molar-refractivity contribution in [3.8, 4) is 0 Å². The van der Waals surface area contributed by atoms with E-state index >= 15 is 0 Å². The van der Waals surface area contributed by atoms with Crippen molar-refractivity contribution in [3.63, 3.8) is 0 Å². The SMILES string of the molecule is CCC1CN(S(=O)(=O)c2cc(Cl)cc(N)c2Br)CCS1. The quantitative estimate of drug-likeness (QED) is 0.793. The van der Waals surface area contributed by atoms with Crippen molar-refractivity contribution in [2.45, 2.75) is 23.5 Å². The van der Waals surface area contributed by atoms with Crippen molar-refractivity contribution in [1.29, 1.82) is 0 Å². The number of halogens is 2. The van der Waals surface area contributed by atoms with Gasteiger partial charge in [0.2, 0.25) is 10.0 Å². The van der Waals surface area contributed by atoms with E-state index in [0.29, 0.717) is 33.5 Å². The van der Waals surface area contributed by atoms with Crippen LogP contribution in [0.3, 0.4) is 0 Å². The smallest absolute Gasteiger partial charge is 0.244 e. The molecule has 8 heteroatoms. The van der Waals surface area contributed by atoms with Crippen LogP contribution in [0.4, 0.5) is 5.69 Å². The van der Waals surface area contributed by atoms with Crippen LogP contribution in [0, 0.1) is 0 Å². The lowest BCUT2D eigenvalue weighted by Gasteiger charge is -2.31. The number of benzene rings is 1. The van der Waals surface area contributed by atoms with Gasteiger partial charge in [0.15, 0.2) is 0 Å². The van der Waals surface area contributed by atoms with Gasteiger partial charge in [0.05, 0.1) is 9.37 Å². The van der Waals surface area contributed by atoms with Gasteiger partial charge in [0, 0.05) is 34.8 Å². The summed E-state index contributed by atoms with van der Waals surface area (Å²) in [6, 6.07) is 2.98. The molecule has 1 aromatic carbocycles. The Bertz CT molecular complexity index is 610. The van der Waals surface area contributed by atoms with E-state index in [1.54, 1.807) is 0 Å². The molecule has 1 fully saturated rings. The minimum absolute atomic E-state index is 0.143. The Morgan fingerprint density at radius 1 is 1.55 bits per heavy atom. The molecule has 20 heavy (non-hydrogen) atoms. The van der Waals surface area contributed by atoms with Gasteiger partial charge < -0.3 is 5.73 Å². The van der Waals surface area contributed by atoms with E-state index < -0.39 is 10.0 Å². The van der Waals surface area contributed by atoms with Gasteiger partial charge in [0.25, 0.3) is 0 Å². The van der Waals surface area contributed by atoms with Gasteiger partial charge in [0.1, 0.15) is 0 Å². The highest BCUT2D eigenvalue weighted by Crippen LogP contribution is 2.34. The zero-order valence-corrected chi connectivity index (χ0v) is 14.9. The van der Waals surface area contributed by atoms with Gasteiger partial charge >= 0.3 is 0 Å². The van der Waals surface area contributed by atoms with Crippen LogP contribution in [0.5, 0.6) is 0 Å². The third kappa shape index (κ3) is 3.27. The maximum Gasteiger partial charge on any atom is 0.244 e. The van der Waals surface area contributed by atoms with Crippen molar-refractivity contribution >= 4 is 55.0 Å². The van der Waals surface area contributed by atoms with Crippen LogP contribution >= 0.6 is 39.3 Å². The van der Waals surface area contributed by atoms with Crippen LogP contribution in [0.1, 0.15) is 13.3 Å². The summed E-state index contributed by atoms with van der Waals surface area (Å²) in [6.45, 7) is 3.12. The van der Waals surface area contributed by atoms with E-state index in [9.17, 15) is 8.42 Å². The highest BCUT2D eigenvalue weighted by Gasteiger charge is 2.32. The summed E-state index contributed by atoms with van der Waals surface area (Å²) in [5.74, 6) is 0.811. The number of thioether (sulfide) groups is 1. The molecule has 1 aliphatic heterocycles. The second-order valence-corrected chi connectivity index (χ2v) is 9.12. The van der Waals surface area contributed by atoms with Crippen LogP contribution in [-0.2, 0) is 10.0 Å². The summed E-state index contributed by atoms with van der Waals surface area (Å²) in [5.41, 5.74) is 6.11. The fourth-order valence-corrected chi connectivity index (χ4v) is 6.20. The zero-order valence-electron chi connectivity index (χ0n) is 11.0. The molecule has 1 aromatic rings. The van der Waals surface area contributed by atoms with E-state index in [-0.39, 0.29) is 4.90 Å². The predicted molar refractivity (Wildman–Crippen MR) is 88.9 cm³/mol. The molecule has 2 N–H and O–H groups in total. The Kier molecular flexibility index (Phi) is 5.29. The van der Waals surface area contributed by atoms with Crippen molar-refractivity contribution < 1.29 is 8.42 Å². The molecule has 2 rings (SSSR count). The minimum atomic E-state index is -3.57. The van der Waals surface area contributed by atoms with E-state index in [4.69, 9.17) is 17.3 Å². The molecule has 0 aliphatic carbocycles. The van der Waals surface area contributed by atoms with Gasteiger partial charge in [-0.1, -0.05) is 18.5 Å². The molecule has 1 atom stereocenters. The van der Waals surface area contributed by atoms with Crippen LogP contribution in [0.25, 0.3) is 0 Å². The molecule has 1 saturated heterocycles. The third-order valence-electron chi connectivity index (χ3n) is 3.21. The number of nitrogens with zero attached hydrogens (tertiary/aromatic N) is 1. The first-order valence-corrected chi connectivity index (χ1v) is 9.88. The molecule has 0 saturated carbocycles. The lowest BCUT2D eigenvalue weighted by molar-refractivity contribution is 0.415. The molecular weight excluding hydrogens is 384 g/mol. The van der Waals surface area contributed by atoms with Crippen molar-refractivity contribution in [2.24, 2.45) is 0 Å². The molecule has 1 unspecified atom stereocenters. The molecule has 0 spiro atoms. The number of nitrogen functional groups attached to an aromatic ring is 1. The van der Waals surface area contributed by atoms with Gasteiger partial charge in [-0.2, -0.15) is 16.1 Å². The van der Waals surface area contributed by atoms with Crippen LogP contribution in [-0.4, -0.2) is 36.8 Å². The van der Waals surface area contributed by atoms with Crippen molar-refractivity contribution in [3.05, 3.63) is 21.6 Å². The number of rotatable bonds is 3. The molecule has 112 valence electrons. The normalized spacial score (nSPS) is 21.1. The van der Waals surface area contributed by atoms with Crippen LogP contribution < -0.4 is 5.73 Å². The highest BCUT2D eigenvalue weighted by molar-refractivity contribution is 9.10. The molecule has 0 amide bonds. The molecule has 4 nitrogen and oxygen atoms in total. The summed E-state index contributed by atoms with van der Waals surface area (Å²) in [6.07, 6.45) is 0.954. The zero-order chi connectivity index (χ0) is 14.9. The lowest BCUT2D eigenvalue weighted by atomic mass is 10.3. The lowest BCUT2D eigenvalue weighted by Crippen LogP contribution is -2.41. The monoisotopic (exact) mass is 398 g/mol. The van der Waals surface area contributed by atoms with E-state index in [1.165, 1.54) is 16.4 Å². The number of hydrogen-bond acceptors (Lipinski definition) is 4. The average Bonchev–Trinajstić information content (AvgIpc) is 2.42.